The molecule has 0 unspecified atom stereocenters. The summed E-state index contributed by atoms with van der Waals surface area (Å²) in [4.78, 5) is 18.3. The van der Waals surface area contributed by atoms with Crippen molar-refractivity contribution in [3.8, 4) is 0 Å². The molecule has 1 saturated heterocycles. The van der Waals surface area contributed by atoms with E-state index in [0.29, 0.717) is 6.54 Å². The second-order valence-electron chi connectivity index (χ2n) is 6.10. The highest BCUT2D eigenvalue weighted by molar-refractivity contribution is 5.80. The SMILES string of the molecule is CCNC(=NCc1ncccc1C)N1CCN(c2ccccn2)CC1. The Balaban J connectivity index is 1.64. The van der Waals surface area contributed by atoms with Gasteiger partial charge in [-0.05, 0) is 37.6 Å². The van der Waals surface area contributed by atoms with Gasteiger partial charge in [0.25, 0.3) is 0 Å². The third kappa shape index (κ3) is 4.47. The first kappa shape index (κ1) is 17.2. The summed E-state index contributed by atoms with van der Waals surface area (Å²) < 4.78 is 0. The van der Waals surface area contributed by atoms with Crippen molar-refractivity contribution in [1.29, 1.82) is 0 Å². The van der Waals surface area contributed by atoms with Crippen LogP contribution in [0.2, 0.25) is 0 Å². The zero-order valence-corrected chi connectivity index (χ0v) is 15.0. The molecule has 1 N–H and O–H groups in total. The van der Waals surface area contributed by atoms with Crippen molar-refractivity contribution in [2.75, 3.05) is 37.6 Å². The van der Waals surface area contributed by atoms with E-state index in [1.165, 1.54) is 5.56 Å². The Morgan fingerprint density at radius 1 is 1.08 bits per heavy atom. The van der Waals surface area contributed by atoms with Crippen molar-refractivity contribution in [3.63, 3.8) is 0 Å². The van der Waals surface area contributed by atoms with E-state index in [9.17, 15) is 0 Å². The number of rotatable bonds is 4. The highest BCUT2D eigenvalue weighted by Gasteiger charge is 2.20. The summed E-state index contributed by atoms with van der Waals surface area (Å²) in [7, 11) is 0. The molecule has 132 valence electrons. The molecule has 3 heterocycles. The van der Waals surface area contributed by atoms with Gasteiger partial charge in [-0.25, -0.2) is 9.98 Å². The van der Waals surface area contributed by atoms with Gasteiger partial charge in [-0.3, -0.25) is 4.98 Å². The quantitative estimate of drug-likeness (QED) is 0.683. The van der Waals surface area contributed by atoms with Crippen molar-refractivity contribution in [2.45, 2.75) is 20.4 Å². The van der Waals surface area contributed by atoms with Crippen molar-refractivity contribution >= 4 is 11.8 Å². The number of nitrogens with one attached hydrogen (secondary N) is 1. The van der Waals surface area contributed by atoms with E-state index in [1.807, 2.05) is 30.6 Å². The molecule has 0 amide bonds. The topological polar surface area (TPSA) is 56.7 Å². The maximum absolute atomic E-state index is 4.80. The molecule has 0 aromatic carbocycles. The highest BCUT2D eigenvalue weighted by atomic mass is 15.4. The second-order valence-corrected chi connectivity index (χ2v) is 6.10. The molecular formula is C19H26N6. The lowest BCUT2D eigenvalue weighted by molar-refractivity contribution is 0.371. The Morgan fingerprint density at radius 2 is 1.88 bits per heavy atom. The Labute approximate surface area is 149 Å². The van der Waals surface area contributed by atoms with Crippen molar-refractivity contribution in [1.82, 2.24) is 20.2 Å². The number of guanidine groups is 1. The summed E-state index contributed by atoms with van der Waals surface area (Å²) in [6.45, 7) is 9.42. The first-order valence-corrected chi connectivity index (χ1v) is 8.87. The Bertz CT molecular complexity index is 692. The van der Waals surface area contributed by atoms with E-state index >= 15 is 0 Å². The zero-order chi connectivity index (χ0) is 17.5. The maximum Gasteiger partial charge on any atom is 0.194 e. The monoisotopic (exact) mass is 338 g/mol. The molecule has 2 aromatic rings. The average molecular weight is 338 g/mol. The van der Waals surface area contributed by atoms with Crippen LogP contribution in [0, 0.1) is 6.92 Å². The largest absolute Gasteiger partial charge is 0.357 e. The lowest BCUT2D eigenvalue weighted by atomic mass is 10.2. The molecule has 2 aromatic heterocycles. The Kier molecular flexibility index (Phi) is 5.82. The van der Waals surface area contributed by atoms with Crippen molar-refractivity contribution in [3.05, 3.63) is 54.0 Å². The third-order valence-electron chi connectivity index (χ3n) is 4.38. The Morgan fingerprint density at radius 3 is 2.56 bits per heavy atom. The van der Waals surface area contributed by atoms with Gasteiger partial charge in [0.2, 0.25) is 0 Å². The van der Waals surface area contributed by atoms with Gasteiger partial charge in [0.1, 0.15) is 5.82 Å². The van der Waals surface area contributed by atoms with Gasteiger partial charge in [-0.1, -0.05) is 12.1 Å². The van der Waals surface area contributed by atoms with Gasteiger partial charge >= 0.3 is 0 Å². The molecule has 0 saturated carbocycles. The third-order valence-corrected chi connectivity index (χ3v) is 4.38. The number of aromatic nitrogens is 2. The molecule has 25 heavy (non-hydrogen) atoms. The zero-order valence-electron chi connectivity index (χ0n) is 15.0. The number of aliphatic imine (C=N–C) groups is 1. The summed E-state index contributed by atoms with van der Waals surface area (Å²) in [5.41, 5.74) is 2.21. The molecule has 0 spiro atoms. The minimum Gasteiger partial charge on any atom is -0.357 e. The van der Waals surface area contributed by atoms with Crippen LogP contribution in [0.15, 0.2) is 47.7 Å². The van der Waals surface area contributed by atoms with E-state index in [2.05, 4.69) is 51.1 Å². The summed E-state index contributed by atoms with van der Waals surface area (Å²) in [6, 6.07) is 10.1. The number of hydrogen-bond donors (Lipinski definition) is 1. The maximum atomic E-state index is 4.80. The summed E-state index contributed by atoms with van der Waals surface area (Å²) in [6.07, 6.45) is 3.68. The number of piperazine rings is 1. The smallest absolute Gasteiger partial charge is 0.194 e. The van der Waals surface area contributed by atoms with Crippen LogP contribution in [-0.2, 0) is 6.54 Å². The number of hydrogen-bond acceptors (Lipinski definition) is 4. The van der Waals surface area contributed by atoms with Crippen LogP contribution in [-0.4, -0.2) is 53.6 Å². The average Bonchev–Trinajstić information content (AvgIpc) is 2.67. The molecule has 1 aliphatic rings. The van der Waals surface area contributed by atoms with Crippen LogP contribution < -0.4 is 10.2 Å². The van der Waals surface area contributed by atoms with Gasteiger partial charge in [0.05, 0.1) is 12.2 Å². The molecule has 0 atom stereocenters. The molecule has 0 bridgehead atoms. The van der Waals surface area contributed by atoms with E-state index in [4.69, 9.17) is 4.99 Å². The normalized spacial score (nSPS) is 15.4. The molecule has 6 heteroatoms. The van der Waals surface area contributed by atoms with Gasteiger partial charge in [-0.2, -0.15) is 0 Å². The number of aryl methyl sites for hydroxylation is 1. The minimum absolute atomic E-state index is 0.607. The molecule has 1 aliphatic heterocycles. The lowest BCUT2D eigenvalue weighted by Gasteiger charge is -2.37. The molecule has 1 fully saturated rings. The first-order valence-electron chi connectivity index (χ1n) is 8.87. The number of nitrogens with zero attached hydrogens (tertiary/aromatic N) is 5. The van der Waals surface area contributed by atoms with Crippen LogP contribution in [0.5, 0.6) is 0 Å². The van der Waals surface area contributed by atoms with E-state index < -0.39 is 0 Å². The van der Waals surface area contributed by atoms with Gasteiger partial charge in [-0.15, -0.1) is 0 Å². The summed E-state index contributed by atoms with van der Waals surface area (Å²) in [5, 5.41) is 3.41. The summed E-state index contributed by atoms with van der Waals surface area (Å²) >= 11 is 0. The van der Waals surface area contributed by atoms with Crippen LogP contribution >= 0.6 is 0 Å². The molecule has 6 nitrogen and oxygen atoms in total. The highest BCUT2D eigenvalue weighted by Crippen LogP contribution is 2.13. The molecule has 0 aliphatic carbocycles. The fourth-order valence-electron chi connectivity index (χ4n) is 2.95. The summed E-state index contributed by atoms with van der Waals surface area (Å²) in [5.74, 6) is 2.02. The van der Waals surface area contributed by atoms with Gasteiger partial charge in [0, 0.05) is 45.1 Å². The minimum atomic E-state index is 0.607. The number of anilines is 1. The second kappa shape index (κ2) is 8.46. The van der Waals surface area contributed by atoms with Crippen molar-refractivity contribution in [2.24, 2.45) is 4.99 Å². The molecule has 0 radical (unpaired) electrons. The van der Waals surface area contributed by atoms with Crippen molar-refractivity contribution < 1.29 is 0 Å². The van der Waals surface area contributed by atoms with Crippen LogP contribution in [0.3, 0.4) is 0 Å². The molecular weight excluding hydrogens is 312 g/mol. The Hall–Kier alpha value is -2.63. The fourth-order valence-corrected chi connectivity index (χ4v) is 2.95. The van der Waals surface area contributed by atoms with E-state index in [1.54, 1.807) is 0 Å². The van der Waals surface area contributed by atoms with Gasteiger partial charge in [0.15, 0.2) is 5.96 Å². The van der Waals surface area contributed by atoms with Crippen LogP contribution in [0.25, 0.3) is 0 Å². The predicted octanol–water partition coefficient (Wildman–Crippen LogP) is 2.07. The van der Waals surface area contributed by atoms with E-state index in [0.717, 1.165) is 50.2 Å². The first-order chi connectivity index (χ1) is 12.3. The van der Waals surface area contributed by atoms with Crippen LogP contribution in [0.4, 0.5) is 5.82 Å². The van der Waals surface area contributed by atoms with Gasteiger partial charge < -0.3 is 15.1 Å². The fraction of sp³-hybridized carbons (Fsp3) is 0.421. The molecule has 3 rings (SSSR count). The van der Waals surface area contributed by atoms with Crippen LogP contribution in [0.1, 0.15) is 18.2 Å². The van der Waals surface area contributed by atoms with E-state index in [-0.39, 0.29) is 0 Å². The standard InChI is InChI=1S/C19H26N6/c1-3-20-19(23-15-17-16(2)7-6-10-21-17)25-13-11-24(12-14-25)18-8-4-5-9-22-18/h4-10H,3,11-15H2,1-2H3,(H,20,23). The lowest BCUT2D eigenvalue weighted by Crippen LogP contribution is -2.52. The predicted molar refractivity (Wildman–Crippen MR) is 102 cm³/mol. The number of pyridine rings is 2.